The molecule has 2 aromatic carbocycles. The van der Waals surface area contributed by atoms with E-state index in [9.17, 15) is 56.3 Å². The minimum atomic E-state index is -4.58. The van der Waals surface area contributed by atoms with Crippen LogP contribution >= 0.6 is 11.6 Å². The van der Waals surface area contributed by atoms with Gasteiger partial charge in [0.05, 0.1) is 31.7 Å². The highest BCUT2D eigenvalue weighted by molar-refractivity contribution is 6.30. The van der Waals surface area contributed by atoms with Gasteiger partial charge in [0.15, 0.2) is 0 Å². The smallest absolute Gasteiger partial charge is 0.350 e. The van der Waals surface area contributed by atoms with E-state index in [1.54, 1.807) is 45.0 Å². The van der Waals surface area contributed by atoms with Gasteiger partial charge >= 0.3 is 6.18 Å². The van der Waals surface area contributed by atoms with Crippen LogP contribution in [0.5, 0.6) is 0 Å². The number of hydrogen-bond acceptors (Lipinski definition) is 11. The minimum absolute atomic E-state index is 0.0603. The molecule has 26 heteroatoms. The van der Waals surface area contributed by atoms with Crippen molar-refractivity contribution in [2.75, 3.05) is 75.5 Å². The van der Waals surface area contributed by atoms with Crippen molar-refractivity contribution in [2.45, 2.75) is 174 Å². The predicted molar refractivity (Wildman–Crippen MR) is 350 cm³/mol. The lowest BCUT2D eigenvalue weighted by Crippen LogP contribution is -2.66. The van der Waals surface area contributed by atoms with Crippen molar-refractivity contribution < 1.29 is 65.9 Å². The summed E-state index contributed by atoms with van der Waals surface area (Å²) in [6.45, 7) is 12.0. The van der Waals surface area contributed by atoms with Crippen molar-refractivity contribution in [2.24, 2.45) is 29.6 Å². The summed E-state index contributed by atoms with van der Waals surface area (Å²) in [5, 5.41) is 11.8. The van der Waals surface area contributed by atoms with Gasteiger partial charge < -0.3 is 55.6 Å². The molecule has 0 bridgehead atoms. The second kappa shape index (κ2) is 35.1. The fraction of sp³-hybridized carbons (Fsp3) is 0.632. The van der Waals surface area contributed by atoms with Gasteiger partial charge in [-0.05, 0) is 104 Å². The molecule has 4 N–H and O–H groups in total. The van der Waals surface area contributed by atoms with Gasteiger partial charge in [-0.25, -0.2) is 0 Å². The Kier molecular flexibility index (Phi) is 29.4. The first-order chi connectivity index (χ1) is 43.9. The third-order valence-corrected chi connectivity index (χ3v) is 18.4. The third-order valence-electron chi connectivity index (χ3n) is 18.1. The molecule has 520 valence electrons. The van der Waals surface area contributed by atoms with Crippen molar-refractivity contribution in [3.8, 4) is 12.3 Å². The Balaban J connectivity index is 1.86. The molecule has 2 aromatic rings. The highest BCUT2D eigenvalue weighted by Gasteiger charge is 2.53. The molecular weight excluding hydrogens is 1240 g/mol. The second-order valence-electron chi connectivity index (χ2n) is 26.6. The van der Waals surface area contributed by atoms with E-state index in [4.69, 9.17) is 18.0 Å². The average molecular weight is 1340 g/mol. The summed E-state index contributed by atoms with van der Waals surface area (Å²) in [7, 11) is 9.64. The number of aryl methyl sites for hydroxylation is 1. The van der Waals surface area contributed by atoms with Crippen LogP contribution < -0.4 is 21.3 Å². The van der Waals surface area contributed by atoms with Crippen LogP contribution in [0.25, 0.3) is 0 Å². The molecule has 22 nitrogen and oxygen atoms in total. The SMILES string of the molecule is C#CC[C@@H]1CC(=O)N(C)[C@@H](C(C)C)C(=O)N[C@@H]([C@@H](C)CC)C(=O)N(C)CC(=O)N(C)CC(=O)N(C)[C@@H](Cc2ccc(Cl)cc2)C(=O)N(C)CC(=O)NCC(=O)N(C)[C@@H](CC(C)C)C(=O)NC2(CCCC2CCc2ccc(C(F)(F)F)cc2)C(=O)N(C)[C@@H](CC(C)C)C(=O)N1. The van der Waals surface area contributed by atoms with Crippen LogP contribution in [0, 0.1) is 41.9 Å². The second-order valence-corrected chi connectivity index (χ2v) is 27.1. The van der Waals surface area contributed by atoms with Gasteiger partial charge in [0, 0.05) is 79.7 Å². The highest BCUT2D eigenvalue weighted by atomic mass is 35.5. The molecule has 11 amide bonds. The summed E-state index contributed by atoms with van der Waals surface area (Å²) >= 11 is 6.19. The van der Waals surface area contributed by atoms with Crippen molar-refractivity contribution in [1.29, 1.82) is 0 Å². The van der Waals surface area contributed by atoms with Gasteiger partial charge in [0.25, 0.3) is 0 Å². The summed E-state index contributed by atoms with van der Waals surface area (Å²) in [4.78, 5) is 168. The quantitative estimate of drug-likeness (QED) is 0.190. The highest BCUT2D eigenvalue weighted by Crippen LogP contribution is 2.41. The molecule has 4 rings (SSSR count). The van der Waals surface area contributed by atoms with Crippen LogP contribution in [0.1, 0.15) is 130 Å². The Hall–Kier alpha value is -7.75. The van der Waals surface area contributed by atoms with E-state index in [0.29, 0.717) is 35.4 Å². The lowest BCUT2D eigenvalue weighted by molar-refractivity contribution is -0.150. The molecule has 1 spiro atoms. The van der Waals surface area contributed by atoms with Crippen molar-refractivity contribution in [3.63, 3.8) is 0 Å². The van der Waals surface area contributed by atoms with Gasteiger partial charge in [0.2, 0.25) is 65.0 Å². The van der Waals surface area contributed by atoms with Gasteiger partial charge in [-0.1, -0.05) is 104 Å². The van der Waals surface area contributed by atoms with Gasteiger partial charge in [0.1, 0.15) is 35.7 Å². The maximum atomic E-state index is 15.8. The van der Waals surface area contributed by atoms with E-state index >= 15 is 9.59 Å². The van der Waals surface area contributed by atoms with E-state index < -0.39 is 169 Å². The van der Waals surface area contributed by atoms with Gasteiger partial charge in [-0.2, -0.15) is 13.2 Å². The fourth-order valence-corrected chi connectivity index (χ4v) is 12.3. The number of halogens is 4. The minimum Gasteiger partial charge on any atom is -0.350 e. The lowest BCUT2D eigenvalue weighted by Gasteiger charge is -2.42. The molecule has 9 atom stereocenters. The molecule has 94 heavy (non-hydrogen) atoms. The van der Waals surface area contributed by atoms with Crippen LogP contribution in [0.4, 0.5) is 13.2 Å². The molecule has 2 fully saturated rings. The number of benzene rings is 2. The first-order valence-electron chi connectivity index (χ1n) is 32.2. The predicted octanol–water partition coefficient (Wildman–Crippen LogP) is 5.18. The molecule has 1 heterocycles. The molecule has 0 aromatic heterocycles. The monoisotopic (exact) mass is 1340 g/mol. The van der Waals surface area contributed by atoms with E-state index in [1.165, 1.54) is 71.3 Å². The van der Waals surface area contributed by atoms with E-state index in [1.807, 2.05) is 34.6 Å². The Labute approximate surface area is 557 Å². The molecule has 2 aliphatic rings. The molecule has 1 aliphatic heterocycles. The van der Waals surface area contributed by atoms with E-state index in [0.717, 1.165) is 36.6 Å². The number of terminal acetylenes is 1. The number of alkyl halides is 3. The maximum absolute atomic E-state index is 15.8. The molecule has 2 unspecified atom stereocenters. The van der Waals surface area contributed by atoms with Crippen LogP contribution in [0.2, 0.25) is 5.02 Å². The third kappa shape index (κ3) is 21.4. The zero-order valence-corrected chi connectivity index (χ0v) is 58.0. The van der Waals surface area contributed by atoms with Crippen molar-refractivity contribution in [3.05, 3.63) is 70.2 Å². The Morgan fingerprint density at radius 2 is 1.19 bits per heavy atom. The largest absolute Gasteiger partial charge is 0.416 e. The lowest BCUT2D eigenvalue weighted by atomic mass is 9.80. The fourth-order valence-electron chi connectivity index (χ4n) is 12.2. The van der Waals surface area contributed by atoms with Gasteiger partial charge in [-0.3, -0.25) is 52.7 Å². The van der Waals surface area contributed by atoms with Crippen LogP contribution in [0.3, 0.4) is 0 Å². The van der Waals surface area contributed by atoms with Crippen molar-refractivity contribution >= 4 is 76.6 Å². The molecular formula is C68H99ClF3N11O11. The number of likely N-dealkylation sites (N-methyl/N-ethyl adjacent to an activating group) is 7. The van der Waals surface area contributed by atoms with Crippen LogP contribution in [-0.2, 0) is 71.8 Å². The Bertz CT molecular complexity index is 3050. The number of amides is 11. The maximum Gasteiger partial charge on any atom is 0.416 e. The number of carbonyl (C=O) groups excluding carboxylic acids is 11. The zero-order chi connectivity index (χ0) is 70.9. The van der Waals surface area contributed by atoms with Crippen molar-refractivity contribution in [1.82, 2.24) is 55.6 Å². The molecule has 1 aliphatic carbocycles. The summed E-state index contributed by atoms with van der Waals surface area (Å²) < 4.78 is 41.0. The summed E-state index contributed by atoms with van der Waals surface area (Å²) in [6, 6.07) is 4.03. The topological polar surface area (TPSA) is 259 Å². The van der Waals surface area contributed by atoms with E-state index in [2.05, 4.69) is 27.2 Å². The van der Waals surface area contributed by atoms with Crippen LogP contribution in [0.15, 0.2) is 48.5 Å². The molecule has 0 radical (unpaired) electrons. The number of hydrogen-bond donors (Lipinski definition) is 4. The first-order valence-corrected chi connectivity index (χ1v) is 32.6. The Morgan fingerprint density at radius 3 is 1.74 bits per heavy atom. The number of nitrogens with one attached hydrogen (secondary N) is 4. The normalized spacial score (nSPS) is 24.9. The Morgan fingerprint density at radius 1 is 0.638 bits per heavy atom. The standard InChI is InChI=1S/C68H99ClF3N11O11/c1-17-20-50-36-55(85)83(16)60(43(7)8)63(91)75-59(44(9)18-2)65(93)79(12)39-57(87)77(10)40-58(88)81(14)53(35-46-25-30-49(69)31-26-46)64(92)78(11)38-54(84)73-37-56(86)80(13)52(34-42(5)6)62(90)76-67(66(94)82(15)51(33-41(3)4)61(89)74-50)32-19-21-47(67)27-22-45-23-28-48(29-24-45)68(70,71)72/h1,23-26,28-31,41-44,47,50-53,59-60H,18-22,27,32-40H2,2-16H3,(H,73,84)(H,74,89)(H,75,91)(H,76,90)/t44-,47?,50+,51-,52-,53-,59-,60-,67?/m0/s1. The summed E-state index contributed by atoms with van der Waals surface area (Å²) in [5.74, 6) is -7.16. The van der Waals surface area contributed by atoms with Crippen LogP contribution in [-0.4, -0.2) is 217 Å². The summed E-state index contributed by atoms with van der Waals surface area (Å²) in [5.41, 5.74) is -1.46. The summed E-state index contributed by atoms with van der Waals surface area (Å²) in [6.07, 6.45) is 2.46. The number of rotatable bonds is 13. The van der Waals surface area contributed by atoms with E-state index in [-0.39, 0.29) is 56.8 Å². The zero-order valence-electron chi connectivity index (χ0n) is 57.3. The molecule has 1 saturated carbocycles. The number of carbonyl (C=O) groups is 11. The van der Waals surface area contributed by atoms with Gasteiger partial charge in [-0.15, -0.1) is 12.3 Å². The average Bonchev–Trinajstić information content (AvgIpc) is 1.52. The number of nitrogens with zero attached hydrogens (tertiary/aromatic N) is 7. The molecule has 1 saturated heterocycles. The first kappa shape index (κ1) is 78.7.